The van der Waals surface area contributed by atoms with E-state index in [1.54, 1.807) is 0 Å². The minimum Gasteiger partial charge on any atom is -0.199 e. The van der Waals surface area contributed by atoms with Gasteiger partial charge in [-0.1, -0.05) is 6.92 Å². The van der Waals surface area contributed by atoms with Crippen molar-refractivity contribution in [1.29, 1.82) is 0 Å². The highest BCUT2D eigenvalue weighted by Crippen LogP contribution is 2.63. The maximum Gasteiger partial charge on any atom is 0.319 e. The van der Waals surface area contributed by atoms with Gasteiger partial charge >= 0.3 is 11.8 Å². The molecule has 0 radical (unpaired) electrons. The minimum absolute atomic E-state index is 0.153. The molecule has 0 aromatic heterocycles. The van der Waals surface area contributed by atoms with Gasteiger partial charge < -0.3 is 0 Å². The Kier molecular flexibility index (Phi) is 1.07. The SMILES string of the molecule is CCC1C(F)(F)C1(F)F. The zero-order valence-corrected chi connectivity index (χ0v) is 4.80. The lowest BCUT2D eigenvalue weighted by Crippen LogP contribution is -2.02. The Labute approximate surface area is 49.9 Å². The number of hydrogen-bond donors (Lipinski definition) is 0. The van der Waals surface area contributed by atoms with Gasteiger partial charge in [-0.15, -0.1) is 0 Å². The van der Waals surface area contributed by atoms with Gasteiger partial charge in [-0.2, -0.15) is 17.6 Å². The average Bonchev–Trinajstić information content (AvgIpc) is 2.00. The van der Waals surface area contributed by atoms with E-state index in [2.05, 4.69) is 0 Å². The van der Waals surface area contributed by atoms with Crippen LogP contribution in [0.25, 0.3) is 0 Å². The van der Waals surface area contributed by atoms with Gasteiger partial charge in [0.2, 0.25) is 0 Å². The van der Waals surface area contributed by atoms with Crippen LogP contribution in [0.3, 0.4) is 0 Å². The third-order valence-corrected chi connectivity index (χ3v) is 1.64. The molecular weight excluding hydrogens is 136 g/mol. The van der Waals surface area contributed by atoms with Crippen molar-refractivity contribution in [3.8, 4) is 0 Å². The first kappa shape index (κ1) is 6.83. The Morgan fingerprint density at radius 1 is 1.11 bits per heavy atom. The summed E-state index contributed by atoms with van der Waals surface area (Å²) < 4.78 is 47.3. The summed E-state index contributed by atoms with van der Waals surface area (Å²) in [6, 6.07) is 0. The Morgan fingerprint density at radius 2 is 1.44 bits per heavy atom. The van der Waals surface area contributed by atoms with E-state index >= 15 is 0 Å². The van der Waals surface area contributed by atoms with E-state index in [0.717, 1.165) is 0 Å². The van der Waals surface area contributed by atoms with Gasteiger partial charge in [0.1, 0.15) is 0 Å². The maximum atomic E-state index is 11.8. The van der Waals surface area contributed by atoms with Crippen LogP contribution < -0.4 is 0 Å². The first-order chi connectivity index (χ1) is 3.94. The van der Waals surface area contributed by atoms with E-state index in [-0.39, 0.29) is 6.42 Å². The molecule has 1 saturated carbocycles. The third-order valence-electron chi connectivity index (χ3n) is 1.64. The zero-order valence-electron chi connectivity index (χ0n) is 4.80. The summed E-state index contributed by atoms with van der Waals surface area (Å²) in [5.74, 6) is -9.14. The van der Waals surface area contributed by atoms with Crippen molar-refractivity contribution in [2.75, 3.05) is 0 Å². The second-order valence-electron chi connectivity index (χ2n) is 2.21. The Balaban J connectivity index is 2.66. The molecule has 1 aliphatic rings. The fourth-order valence-electron chi connectivity index (χ4n) is 0.918. The van der Waals surface area contributed by atoms with E-state index in [1.165, 1.54) is 6.92 Å². The van der Waals surface area contributed by atoms with Crippen molar-refractivity contribution in [2.45, 2.75) is 25.2 Å². The van der Waals surface area contributed by atoms with Crippen LogP contribution in [0.5, 0.6) is 0 Å². The molecule has 1 fully saturated rings. The molecule has 4 heteroatoms. The molecule has 0 aliphatic heterocycles. The standard InChI is InChI=1S/C5H6F4/c1-2-3-4(6,7)5(3,8)9/h3H,2H2,1H3. The van der Waals surface area contributed by atoms with Crippen LogP contribution in [0, 0.1) is 5.92 Å². The molecule has 0 nitrogen and oxygen atoms in total. The summed E-state index contributed by atoms with van der Waals surface area (Å²) in [5.41, 5.74) is 0. The molecule has 0 saturated heterocycles. The first-order valence-corrected chi connectivity index (χ1v) is 2.70. The molecule has 0 aromatic rings. The lowest BCUT2D eigenvalue weighted by molar-refractivity contribution is -0.0278. The minimum atomic E-state index is -3.72. The van der Waals surface area contributed by atoms with Gasteiger partial charge in [0.15, 0.2) is 0 Å². The monoisotopic (exact) mass is 142 g/mol. The fourth-order valence-corrected chi connectivity index (χ4v) is 0.918. The summed E-state index contributed by atoms with van der Waals surface area (Å²) in [5, 5.41) is 0. The number of rotatable bonds is 1. The molecule has 1 aliphatic carbocycles. The molecule has 0 unspecified atom stereocenters. The summed E-state index contributed by atoms with van der Waals surface area (Å²) in [4.78, 5) is 0. The number of hydrogen-bond acceptors (Lipinski definition) is 0. The summed E-state index contributed by atoms with van der Waals surface area (Å²) in [7, 11) is 0. The molecule has 0 spiro atoms. The van der Waals surface area contributed by atoms with Gasteiger partial charge in [-0.05, 0) is 6.42 Å². The highest BCUT2D eigenvalue weighted by Gasteiger charge is 2.84. The van der Waals surface area contributed by atoms with Crippen LogP contribution >= 0.6 is 0 Å². The first-order valence-electron chi connectivity index (χ1n) is 2.70. The molecule has 0 N–H and O–H groups in total. The van der Waals surface area contributed by atoms with Gasteiger partial charge in [-0.3, -0.25) is 0 Å². The predicted molar refractivity (Wildman–Crippen MR) is 23.7 cm³/mol. The maximum absolute atomic E-state index is 11.8. The van der Waals surface area contributed by atoms with Crippen LogP contribution in [-0.4, -0.2) is 11.8 Å². The summed E-state index contributed by atoms with van der Waals surface area (Å²) in [6.07, 6.45) is -0.153. The average molecular weight is 142 g/mol. The predicted octanol–water partition coefficient (Wildman–Crippen LogP) is 2.30. The summed E-state index contributed by atoms with van der Waals surface area (Å²) in [6.45, 7) is 1.33. The topological polar surface area (TPSA) is 0 Å². The Bertz CT molecular complexity index is 115. The van der Waals surface area contributed by atoms with Gasteiger partial charge in [-0.25, -0.2) is 0 Å². The molecule has 0 bridgehead atoms. The van der Waals surface area contributed by atoms with Crippen molar-refractivity contribution in [1.82, 2.24) is 0 Å². The third kappa shape index (κ3) is 0.588. The number of alkyl halides is 4. The normalized spacial score (nSPS) is 30.3. The van der Waals surface area contributed by atoms with E-state index in [4.69, 9.17) is 0 Å². The van der Waals surface area contributed by atoms with Gasteiger partial charge in [0.25, 0.3) is 0 Å². The molecule has 1 rings (SSSR count). The molecule has 54 valence electrons. The van der Waals surface area contributed by atoms with Crippen molar-refractivity contribution in [2.24, 2.45) is 5.92 Å². The van der Waals surface area contributed by atoms with E-state index < -0.39 is 17.8 Å². The Morgan fingerprint density at radius 3 is 1.44 bits per heavy atom. The molecule has 0 amide bonds. The lowest BCUT2D eigenvalue weighted by Gasteiger charge is -1.87. The van der Waals surface area contributed by atoms with E-state index in [1.807, 2.05) is 0 Å². The molecule has 0 atom stereocenters. The second-order valence-corrected chi connectivity index (χ2v) is 2.21. The molecule has 0 aromatic carbocycles. The van der Waals surface area contributed by atoms with Crippen LogP contribution in [0.1, 0.15) is 13.3 Å². The van der Waals surface area contributed by atoms with Crippen LogP contribution in [0.2, 0.25) is 0 Å². The van der Waals surface area contributed by atoms with Crippen LogP contribution in [0.15, 0.2) is 0 Å². The van der Waals surface area contributed by atoms with Crippen molar-refractivity contribution < 1.29 is 17.6 Å². The van der Waals surface area contributed by atoms with E-state index in [0.29, 0.717) is 0 Å². The van der Waals surface area contributed by atoms with E-state index in [9.17, 15) is 17.6 Å². The largest absolute Gasteiger partial charge is 0.319 e. The van der Waals surface area contributed by atoms with Crippen molar-refractivity contribution in [3.63, 3.8) is 0 Å². The van der Waals surface area contributed by atoms with Crippen LogP contribution in [-0.2, 0) is 0 Å². The quantitative estimate of drug-likeness (QED) is 0.493. The van der Waals surface area contributed by atoms with Gasteiger partial charge in [0, 0.05) is 0 Å². The van der Waals surface area contributed by atoms with Crippen LogP contribution in [0.4, 0.5) is 17.6 Å². The number of halogens is 4. The summed E-state index contributed by atoms with van der Waals surface area (Å²) >= 11 is 0. The molecule has 9 heavy (non-hydrogen) atoms. The Hall–Kier alpha value is -0.280. The second kappa shape index (κ2) is 1.41. The molecule has 0 heterocycles. The van der Waals surface area contributed by atoms with Gasteiger partial charge in [0.05, 0.1) is 5.92 Å². The zero-order chi connectivity index (χ0) is 7.28. The fraction of sp³-hybridized carbons (Fsp3) is 1.00. The highest BCUT2D eigenvalue weighted by atomic mass is 19.3. The lowest BCUT2D eigenvalue weighted by atomic mass is 10.3. The highest BCUT2D eigenvalue weighted by molar-refractivity contribution is 5.12. The van der Waals surface area contributed by atoms with Crippen molar-refractivity contribution >= 4 is 0 Å². The molecular formula is C5H6F4. The van der Waals surface area contributed by atoms with Crippen molar-refractivity contribution in [3.05, 3.63) is 0 Å². The smallest absolute Gasteiger partial charge is 0.199 e.